The van der Waals surface area contributed by atoms with Crippen molar-refractivity contribution in [2.45, 2.75) is 6.42 Å². The SMILES string of the molecule is CN1CC(Cc2ccc(Cl)nc2)C1. The lowest BCUT2D eigenvalue weighted by Crippen LogP contribution is -2.44. The van der Waals surface area contributed by atoms with Gasteiger partial charge in [0.15, 0.2) is 0 Å². The Labute approximate surface area is 83.5 Å². The van der Waals surface area contributed by atoms with Crippen LogP contribution in [0, 0.1) is 5.92 Å². The van der Waals surface area contributed by atoms with Gasteiger partial charge in [-0.25, -0.2) is 4.98 Å². The van der Waals surface area contributed by atoms with E-state index in [-0.39, 0.29) is 0 Å². The fraction of sp³-hybridized carbons (Fsp3) is 0.500. The predicted molar refractivity (Wildman–Crippen MR) is 53.9 cm³/mol. The number of likely N-dealkylation sites (tertiary alicyclic amines) is 1. The first-order chi connectivity index (χ1) is 6.24. The molecule has 1 fully saturated rings. The lowest BCUT2D eigenvalue weighted by atomic mass is 9.94. The van der Waals surface area contributed by atoms with Gasteiger partial charge in [0.05, 0.1) is 0 Å². The van der Waals surface area contributed by atoms with Crippen molar-refractivity contribution in [1.82, 2.24) is 9.88 Å². The molecule has 0 unspecified atom stereocenters. The van der Waals surface area contributed by atoms with Crippen molar-refractivity contribution >= 4 is 11.6 Å². The minimum Gasteiger partial charge on any atom is -0.306 e. The summed E-state index contributed by atoms with van der Waals surface area (Å²) in [5, 5.41) is 0.578. The van der Waals surface area contributed by atoms with Crippen LogP contribution in [0.2, 0.25) is 5.15 Å². The third kappa shape index (κ3) is 2.20. The molecule has 2 nitrogen and oxygen atoms in total. The van der Waals surface area contributed by atoms with Gasteiger partial charge >= 0.3 is 0 Å². The fourth-order valence-electron chi connectivity index (χ4n) is 1.82. The van der Waals surface area contributed by atoms with Crippen LogP contribution in [0.4, 0.5) is 0 Å². The van der Waals surface area contributed by atoms with Crippen LogP contribution in [0.5, 0.6) is 0 Å². The number of rotatable bonds is 2. The van der Waals surface area contributed by atoms with Crippen LogP contribution < -0.4 is 0 Å². The molecule has 0 aromatic carbocycles. The van der Waals surface area contributed by atoms with E-state index < -0.39 is 0 Å². The van der Waals surface area contributed by atoms with Gasteiger partial charge in [-0.2, -0.15) is 0 Å². The molecule has 0 spiro atoms. The van der Waals surface area contributed by atoms with E-state index in [2.05, 4.69) is 23.0 Å². The Morgan fingerprint density at radius 2 is 2.31 bits per heavy atom. The second-order valence-electron chi connectivity index (χ2n) is 3.78. The third-order valence-corrected chi connectivity index (χ3v) is 2.68. The molecule has 1 aliphatic heterocycles. The summed E-state index contributed by atoms with van der Waals surface area (Å²) in [5.74, 6) is 0.813. The third-order valence-electron chi connectivity index (χ3n) is 2.45. The van der Waals surface area contributed by atoms with Crippen LogP contribution in [-0.2, 0) is 6.42 Å². The highest BCUT2D eigenvalue weighted by atomic mass is 35.5. The first-order valence-corrected chi connectivity index (χ1v) is 4.91. The lowest BCUT2D eigenvalue weighted by Gasteiger charge is -2.36. The molecular weight excluding hydrogens is 184 g/mol. The van der Waals surface area contributed by atoms with Crippen molar-refractivity contribution in [3.05, 3.63) is 29.0 Å². The molecule has 0 radical (unpaired) electrons. The van der Waals surface area contributed by atoms with Gasteiger partial charge < -0.3 is 4.90 Å². The van der Waals surface area contributed by atoms with E-state index in [4.69, 9.17) is 11.6 Å². The monoisotopic (exact) mass is 196 g/mol. The molecule has 13 heavy (non-hydrogen) atoms. The van der Waals surface area contributed by atoms with Crippen LogP contribution in [0.1, 0.15) is 5.56 Å². The molecule has 0 amide bonds. The summed E-state index contributed by atoms with van der Waals surface area (Å²) in [7, 11) is 2.15. The summed E-state index contributed by atoms with van der Waals surface area (Å²) >= 11 is 5.70. The summed E-state index contributed by atoms with van der Waals surface area (Å²) in [5.41, 5.74) is 1.29. The molecule has 0 N–H and O–H groups in total. The summed E-state index contributed by atoms with van der Waals surface area (Å²) in [6.45, 7) is 2.42. The topological polar surface area (TPSA) is 16.1 Å². The van der Waals surface area contributed by atoms with Gasteiger partial charge in [0, 0.05) is 19.3 Å². The van der Waals surface area contributed by atoms with Gasteiger partial charge in [0.2, 0.25) is 0 Å². The van der Waals surface area contributed by atoms with E-state index in [0.717, 1.165) is 12.3 Å². The van der Waals surface area contributed by atoms with Crippen LogP contribution in [0.15, 0.2) is 18.3 Å². The second kappa shape index (κ2) is 3.64. The second-order valence-corrected chi connectivity index (χ2v) is 4.17. The van der Waals surface area contributed by atoms with E-state index in [0.29, 0.717) is 5.15 Å². The average molecular weight is 197 g/mol. The number of nitrogens with zero attached hydrogens (tertiary/aromatic N) is 2. The Kier molecular flexibility index (Phi) is 2.51. The Balaban J connectivity index is 1.91. The van der Waals surface area contributed by atoms with Crippen LogP contribution >= 0.6 is 11.6 Å². The van der Waals surface area contributed by atoms with Crippen LogP contribution in [0.3, 0.4) is 0 Å². The minimum atomic E-state index is 0.578. The summed E-state index contributed by atoms with van der Waals surface area (Å²) < 4.78 is 0. The highest BCUT2D eigenvalue weighted by Crippen LogP contribution is 2.18. The van der Waals surface area contributed by atoms with Gasteiger partial charge in [0.1, 0.15) is 5.15 Å². The van der Waals surface area contributed by atoms with E-state index in [1.807, 2.05) is 12.3 Å². The molecule has 1 saturated heterocycles. The average Bonchev–Trinajstić information content (AvgIpc) is 2.06. The first kappa shape index (κ1) is 8.97. The molecule has 0 saturated carbocycles. The predicted octanol–water partition coefficient (Wildman–Crippen LogP) is 1.84. The largest absolute Gasteiger partial charge is 0.306 e. The fourth-order valence-corrected chi connectivity index (χ4v) is 1.93. The van der Waals surface area contributed by atoms with Crippen molar-refractivity contribution < 1.29 is 0 Å². The number of hydrogen-bond donors (Lipinski definition) is 0. The summed E-state index contributed by atoms with van der Waals surface area (Å²) in [6, 6.07) is 3.92. The molecular formula is C10H13ClN2. The standard InChI is InChI=1S/C10H13ClN2/c1-13-6-9(7-13)4-8-2-3-10(11)12-5-8/h2-3,5,9H,4,6-7H2,1H3. The molecule has 0 bridgehead atoms. The van der Waals surface area contributed by atoms with Crippen molar-refractivity contribution in [2.75, 3.05) is 20.1 Å². The molecule has 2 heterocycles. The number of halogens is 1. The zero-order valence-electron chi connectivity index (χ0n) is 7.70. The molecule has 0 aliphatic carbocycles. The lowest BCUT2D eigenvalue weighted by molar-refractivity contribution is 0.134. The van der Waals surface area contributed by atoms with Crippen LogP contribution in [0.25, 0.3) is 0 Å². The molecule has 1 aromatic rings. The van der Waals surface area contributed by atoms with Gasteiger partial charge in [0.25, 0.3) is 0 Å². The number of hydrogen-bond acceptors (Lipinski definition) is 2. The quantitative estimate of drug-likeness (QED) is 0.672. The minimum absolute atomic E-state index is 0.578. The highest BCUT2D eigenvalue weighted by Gasteiger charge is 2.22. The first-order valence-electron chi connectivity index (χ1n) is 4.53. The van der Waals surface area contributed by atoms with E-state index in [1.165, 1.54) is 18.7 Å². The summed E-state index contributed by atoms with van der Waals surface area (Å²) in [6.07, 6.45) is 3.01. The van der Waals surface area contributed by atoms with Crippen molar-refractivity contribution in [3.8, 4) is 0 Å². The Hall–Kier alpha value is -0.600. The van der Waals surface area contributed by atoms with Crippen molar-refractivity contribution in [1.29, 1.82) is 0 Å². The maximum Gasteiger partial charge on any atom is 0.129 e. The molecule has 1 aliphatic rings. The smallest absolute Gasteiger partial charge is 0.129 e. The van der Waals surface area contributed by atoms with Gasteiger partial charge in [-0.1, -0.05) is 17.7 Å². The van der Waals surface area contributed by atoms with E-state index in [9.17, 15) is 0 Å². The molecule has 3 heteroatoms. The zero-order chi connectivity index (χ0) is 9.26. The normalized spacial score (nSPS) is 18.6. The van der Waals surface area contributed by atoms with E-state index >= 15 is 0 Å². The molecule has 2 rings (SSSR count). The van der Waals surface area contributed by atoms with Crippen molar-refractivity contribution in [2.24, 2.45) is 5.92 Å². The van der Waals surface area contributed by atoms with Gasteiger partial charge in [-0.05, 0) is 31.0 Å². The summed E-state index contributed by atoms with van der Waals surface area (Å²) in [4.78, 5) is 6.39. The highest BCUT2D eigenvalue weighted by molar-refractivity contribution is 6.29. The zero-order valence-corrected chi connectivity index (χ0v) is 8.46. The molecule has 70 valence electrons. The number of pyridine rings is 1. The van der Waals surface area contributed by atoms with Gasteiger partial charge in [-0.3, -0.25) is 0 Å². The molecule has 0 atom stereocenters. The van der Waals surface area contributed by atoms with E-state index in [1.54, 1.807) is 0 Å². The molecule has 1 aromatic heterocycles. The Morgan fingerprint density at radius 3 is 2.85 bits per heavy atom. The Morgan fingerprint density at radius 1 is 1.54 bits per heavy atom. The maximum absolute atomic E-state index is 5.70. The van der Waals surface area contributed by atoms with Crippen molar-refractivity contribution in [3.63, 3.8) is 0 Å². The number of aromatic nitrogens is 1. The Bertz CT molecular complexity index is 277. The van der Waals surface area contributed by atoms with Crippen LogP contribution in [-0.4, -0.2) is 30.0 Å². The maximum atomic E-state index is 5.70. The van der Waals surface area contributed by atoms with Gasteiger partial charge in [-0.15, -0.1) is 0 Å².